The third-order valence-corrected chi connectivity index (χ3v) is 4.34. The highest BCUT2D eigenvalue weighted by molar-refractivity contribution is 6.42. The molecule has 1 atom stereocenters. The summed E-state index contributed by atoms with van der Waals surface area (Å²) >= 11 is 0. The van der Waals surface area contributed by atoms with Crippen LogP contribution in [0.4, 0.5) is 0 Å². The van der Waals surface area contributed by atoms with Gasteiger partial charge in [-0.15, -0.1) is 0 Å². The van der Waals surface area contributed by atoms with Gasteiger partial charge < -0.3 is 14.9 Å². The fraction of sp³-hybridized carbons (Fsp3) is 1.00. The predicted octanol–water partition coefficient (Wildman–Crippen LogP) is 1.92. The van der Waals surface area contributed by atoms with Gasteiger partial charge in [0.15, 0.2) is 0 Å². The van der Waals surface area contributed by atoms with Crippen LogP contribution in [-0.2, 0) is 0 Å². The van der Waals surface area contributed by atoms with Gasteiger partial charge in [-0.25, -0.2) is 0 Å². The molecule has 3 nitrogen and oxygen atoms in total. The van der Waals surface area contributed by atoms with Crippen LogP contribution in [0.25, 0.3) is 0 Å². The first kappa shape index (κ1) is 16.1. The summed E-state index contributed by atoms with van der Waals surface area (Å²) in [6, 6.07) is 0. The van der Waals surface area contributed by atoms with E-state index in [1.165, 1.54) is 38.5 Å². The molecule has 0 rings (SSSR count). The molecule has 0 radical (unpaired) electrons. The van der Waals surface area contributed by atoms with Gasteiger partial charge in [-0.1, -0.05) is 46.0 Å². The van der Waals surface area contributed by atoms with E-state index in [1.54, 1.807) is 0 Å². The van der Waals surface area contributed by atoms with Crippen LogP contribution in [0.2, 0.25) is 5.54 Å². The number of unbranched alkanes of at least 4 members (excludes halogenated alkanes) is 5. The highest BCUT2D eigenvalue weighted by Crippen LogP contribution is 2.09. The molecule has 0 aromatic rings. The Morgan fingerprint density at radius 3 is 2.25 bits per heavy atom. The van der Waals surface area contributed by atoms with E-state index in [9.17, 15) is 0 Å². The van der Waals surface area contributed by atoms with E-state index in [1.807, 2.05) is 6.92 Å². The van der Waals surface area contributed by atoms with Gasteiger partial charge >= 0.3 is 9.28 Å². The van der Waals surface area contributed by atoms with Gasteiger partial charge in [0.25, 0.3) is 0 Å². The molecule has 0 spiro atoms. The van der Waals surface area contributed by atoms with Crippen LogP contribution < -0.4 is 5.32 Å². The van der Waals surface area contributed by atoms with Crippen LogP contribution in [0.3, 0.4) is 0 Å². The van der Waals surface area contributed by atoms with E-state index in [-0.39, 0.29) is 5.54 Å². The van der Waals surface area contributed by atoms with Crippen LogP contribution in [0.5, 0.6) is 0 Å². The van der Waals surface area contributed by atoms with Crippen molar-refractivity contribution in [1.29, 1.82) is 0 Å². The van der Waals surface area contributed by atoms with E-state index in [0.29, 0.717) is 0 Å². The summed E-state index contributed by atoms with van der Waals surface area (Å²) in [4.78, 5) is 18.0. The molecule has 0 aliphatic carbocycles. The maximum Gasteiger partial charge on any atom is 0.318 e. The normalized spacial score (nSPS) is 13.3. The van der Waals surface area contributed by atoms with Crippen LogP contribution in [0.1, 0.15) is 58.8 Å². The summed E-state index contributed by atoms with van der Waals surface area (Å²) in [6.45, 7) is 6.15. The third-order valence-electron chi connectivity index (χ3n) is 2.99. The van der Waals surface area contributed by atoms with Crippen molar-refractivity contribution in [3.63, 3.8) is 0 Å². The second kappa shape index (κ2) is 11.6. The largest absolute Gasteiger partial charge is 0.413 e. The van der Waals surface area contributed by atoms with Crippen molar-refractivity contribution in [2.75, 3.05) is 13.1 Å². The standard InChI is InChI=1S/C12H29NO2Si/c1-3-4-5-6-7-8-10-13-11-9-12(2)16(14)15/h12-16H,3-11H2,1-2H3. The van der Waals surface area contributed by atoms with Crippen molar-refractivity contribution in [1.82, 2.24) is 5.32 Å². The van der Waals surface area contributed by atoms with Crippen molar-refractivity contribution >= 4 is 9.28 Å². The van der Waals surface area contributed by atoms with Gasteiger partial charge in [0.2, 0.25) is 0 Å². The molecule has 0 aliphatic rings. The second-order valence-electron chi connectivity index (χ2n) is 4.70. The molecule has 0 fully saturated rings. The molecule has 0 aliphatic heterocycles. The Balaban J connectivity index is 3.04. The molecule has 3 N–H and O–H groups in total. The summed E-state index contributed by atoms with van der Waals surface area (Å²) in [5, 5.41) is 3.36. The molecule has 0 heterocycles. The van der Waals surface area contributed by atoms with Gasteiger partial charge in [-0.2, -0.15) is 0 Å². The molecule has 98 valence electrons. The average Bonchev–Trinajstić information content (AvgIpc) is 2.26. The number of hydrogen-bond acceptors (Lipinski definition) is 3. The fourth-order valence-corrected chi connectivity index (χ4v) is 2.10. The summed E-state index contributed by atoms with van der Waals surface area (Å²) in [5.41, 5.74) is 0.108. The van der Waals surface area contributed by atoms with E-state index < -0.39 is 9.28 Å². The van der Waals surface area contributed by atoms with Crippen molar-refractivity contribution in [3.8, 4) is 0 Å². The quantitative estimate of drug-likeness (QED) is 0.386. The van der Waals surface area contributed by atoms with Crippen LogP contribution in [-0.4, -0.2) is 32.0 Å². The number of rotatable bonds is 11. The molecule has 4 heteroatoms. The summed E-state index contributed by atoms with van der Waals surface area (Å²) in [5.74, 6) is 0. The Bertz CT molecular complexity index is 145. The Labute approximate surface area is 102 Å². The zero-order chi connectivity index (χ0) is 12.2. The van der Waals surface area contributed by atoms with Gasteiger partial charge in [-0.05, 0) is 31.5 Å². The lowest BCUT2D eigenvalue weighted by Crippen LogP contribution is -2.23. The minimum Gasteiger partial charge on any atom is -0.413 e. The van der Waals surface area contributed by atoms with Gasteiger partial charge in [-0.3, -0.25) is 0 Å². The van der Waals surface area contributed by atoms with E-state index in [2.05, 4.69) is 12.2 Å². The average molecular weight is 247 g/mol. The Morgan fingerprint density at radius 2 is 1.62 bits per heavy atom. The van der Waals surface area contributed by atoms with Gasteiger partial charge in [0.1, 0.15) is 0 Å². The Kier molecular flexibility index (Phi) is 11.6. The van der Waals surface area contributed by atoms with Crippen LogP contribution in [0.15, 0.2) is 0 Å². The van der Waals surface area contributed by atoms with Crippen molar-refractivity contribution in [3.05, 3.63) is 0 Å². The molecule has 0 bridgehead atoms. The van der Waals surface area contributed by atoms with E-state index in [0.717, 1.165) is 19.5 Å². The molecule has 1 unspecified atom stereocenters. The van der Waals surface area contributed by atoms with Gasteiger partial charge in [0, 0.05) is 0 Å². The van der Waals surface area contributed by atoms with E-state index in [4.69, 9.17) is 9.59 Å². The lowest BCUT2D eigenvalue weighted by atomic mass is 10.1. The lowest BCUT2D eigenvalue weighted by Gasteiger charge is -2.11. The van der Waals surface area contributed by atoms with Crippen molar-refractivity contribution < 1.29 is 9.59 Å². The van der Waals surface area contributed by atoms with E-state index >= 15 is 0 Å². The maximum absolute atomic E-state index is 9.01. The first-order chi connectivity index (χ1) is 7.68. The SMILES string of the molecule is CCCCCCCCNCCC(C)[SiH](O)O. The number of hydrogen-bond donors (Lipinski definition) is 3. The zero-order valence-corrected chi connectivity index (χ0v) is 12.1. The number of nitrogens with one attached hydrogen (secondary N) is 1. The van der Waals surface area contributed by atoms with Crippen LogP contribution in [0, 0.1) is 0 Å². The molecular formula is C12H29NO2Si. The first-order valence-electron chi connectivity index (χ1n) is 6.75. The van der Waals surface area contributed by atoms with Crippen molar-refractivity contribution in [2.24, 2.45) is 0 Å². The van der Waals surface area contributed by atoms with Gasteiger partial charge in [0.05, 0.1) is 0 Å². The molecule has 0 saturated heterocycles. The molecule has 0 aromatic heterocycles. The van der Waals surface area contributed by atoms with Crippen LogP contribution >= 0.6 is 0 Å². The predicted molar refractivity (Wildman–Crippen MR) is 71.9 cm³/mol. The van der Waals surface area contributed by atoms with Crippen molar-refractivity contribution in [2.45, 2.75) is 64.3 Å². The molecule has 0 amide bonds. The zero-order valence-electron chi connectivity index (χ0n) is 10.9. The maximum atomic E-state index is 9.01. The Morgan fingerprint density at radius 1 is 1.00 bits per heavy atom. The summed E-state index contributed by atoms with van der Waals surface area (Å²) < 4.78 is 0. The molecule has 0 aromatic carbocycles. The fourth-order valence-electron chi connectivity index (χ4n) is 1.63. The Hall–Kier alpha value is 0.0969. The molecular weight excluding hydrogens is 218 g/mol. The topological polar surface area (TPSA) is 52.5 Å². The summed E-state index contributed by atoms with van der Waals surface area (Å²) in [6.07, 6.45) is 8.86. The smallest absolute Gasteiger partial charge is 0.318 e. The highest BCUT2D eigenvalue weighted by atomic mass is 28.3. The second-order valence-corrected chi connectivity index (χ2v) is 6.66. The molecule has 16 heavy (non-hydrogen) atoms. The minimum atomic E-state index is -2.38. The highest BCUT2D eigenvalue weighted by Gasteiger charge is 2.12. The summed E-state index contributed by atoms with van der Waals surface area (Å²) in [7, 11) is -2.38. The molecule has 0 saturated carbocycles. The third kappa shape index (κ3) is 10.6. The first-order valence-corrected chi connectivity index (χ1v) is 8.45. The monoisotopic (exact) mass is 247 g/mol. The lowest BCUT2D eigenvalue weighted by molar-refractivity contribution is 0.382. The minimum absolute atomic E-state index is 0.108.